The first kappa shape index (κ1) is 20.9. The molecule has 0 unspecified atom stereocenters. The van der Waals surface area contributed by atoms with Crippen LogP contribution in [-0.4, -0.2) is 28.1 Å². The number of benzene rings is 1. The second kappa shape index (κ2) is 10.6. The summed E-state index contributed by atoms with van der Waals surface area (Å²) in [5, 5.41) is 6.45. The molecule has 0 atom stereocenters. The summed E-state index contributed by atoms with van der Waals surface area (Å²) in [5.41, 5.74) is 0.560. The molecule has 7 heteroatoms. The van der Waals surface area contributed by atoms with E-state index in [0.29, 0.717) is 29.5 Å². The van der Waals surface area contributed by atoms with E-state index in [1.807, 2.05) is 20.8 Å². The molecule has 0 spiro atoms. The first-order valence-electron chi connectivity index (χ1n) is 9.74. The van der Waals surface area contributed by atoms with Crippen LogP contribution in [0.5, 0.6) is 5.75 Å². The van der Waals surface area contributed by atoms with Gasteiger partial charge in [0.25, 0.3) is 0 Å². The highest BCUT2D eigenvalue weighted by atomic mass is 19.1. The van der Waals surface area contributed by atoms with Gasteiger partial charge in [-0.15, -0.1) is 0 Å². The van der Waals surface area contributed by atoms with Crippen LogP contribution >= 0.6 is 0 Å². The van der Waals surface area contributed by atoms with Crippen molar-refractivity contribution in [1.29, 1.82) is 0 Å². The molecule has 1 fully saturated rings. The fourth-order valence-corrected chi connectivity index (χ4v) is 3.08. The molecule has 2 aromatic rings. The summed E-state index contributed by atoms with van der Waals surface area (Å²) < 4.78 is 18.8. The Balaban J connectivity index is 0.00000126. The first-order valence-corrected chi connectivity index (χ1v) is 9.74. The number of ether oxygens (including phenoxy) is 1. The van der Waals surface area contributed by atoms with Gasteiger partial charge in [-0.25, -0.2) is 4.39 Å². The Kier molecular flexibility index (Phi) is 8.23. The third kappa shape index (κ3) is 6.34. The van der Waals surface area contributed by atoms with Crippen LogP contribution in [-0.2, 0) is 0 Å². The summed E-state index contributed by atoms with van der Waals surface area (Å²) in [7, 11) is 1.44. The van der Waals surface area contributed by atoms with Crippen molar-refractivity contribution < 1.29 is 9.13 Å². The summed E-state index contributed by atoms with van der Waals surface area (Å²) in [6.07, 6.45) is 7.33. The normalized spacial score (nSPS) is 14.6. The molecule has 27 heavy (non-hydrogen) atoms. The van der Waals surface area contributed by atoms with Crippen LogP contribution in [0.2, 0.25) is 0 Å². The number of aromatic nitrogens is 3. The van der Waals surface area contributed by atoms with E-state index in [9.17, 15) is 4.39 Å². The molecule has 1 heterocycles. The number of hydrogen-bond donors (Lipinski definition) is 2. The Morgan fingerprint density at radius 2 is 1.67 bits per heavy atom. The van der Waals surface area contributed by atoms with Crippen molar-refractivity contribution in [1.82, 2.24) is 15.0 Å². The van der Waals surface area contributed by atoms with Gasteiger partial charge in [0, 0.05) is 17.8 Å². The molecule has 1 aromatic heterocycles. The third-order valence-corrected chi connectivity index (χ3v) is 4.34. The van der Waals surface area contributed by atoms with Gasteiger partial charge in [-0.3, -0.25) is 0 Å². The minimum absolute atomic E-state index is 0.202. The molecule has 0 amide bonds. The first-order chi connectivity index (χ1) is 13.1. The molecular weight excluding hydrogens is 345 g/mol. The molecule has 3 rings (SSSR count). The Labute approximate surface area is 161 Å². The standard InChI is InChI=1S/C18H24FN5O.C2H6/c1-12-20-17(22-13-7-5-3-4-6-8-13)24-18(21-12)23-14-9-10-16(25-2)15(19)11-14;1-2/h9-11,13H,3-8H2,1-2H3,(H2,20,21,22,23,24);1-2H3. The van der Waals surface area contributed by atoms with Crippen LogP contribution in [0.4, 0.5) is 22.0 Å². The number of aryl methyl sites for hydroxylation is 1. The van der Waals surface area contributed by atoms with Crippen LogP contribution in [0.25, 0.3) is 0 Å². The van der Waals surface area contributed by atoms with E-state index < -0.39 is 5.82 Å². The van der Waals surface area contributed by atoms with Crippen LogP contribution < -0.4 is 15.4 Å². The number of rotatable bonds is 5. The Morgan fingerprint density at radius 1 is 1.00 bits per heavy atom. The highest BCUT2D eigenvalue weighted by Gasteiger charge is 2.14. The van der Waals surface area contributed by atoms with Gasteiger partial charge in [0.05, 0.1) is 7.11 Å². The predicted molar refractivity (Wildman–Crippen MR) is 107 cm³/mol. The maximum atomic E-state index is 13.8. The lowest BCUT2D eigenvalue weighted by Gasteiger charge is -2.17. The quantitative estimate of drug-likeness (QED) is 0.697. The van der Waals surface area contributed by atoms with E-state index in [4.69, 9.17) is 4.74 Å². The summed E-state index contributed by atoms with van der Waals surface area (Å²) in [6.45, 7) is 5.82. The van der Waals surface area contributed by atoms with Gasteiger partial charge >= 0.3 is 0 Å². The predicted octanol–water partition coefficient (Wildman–Crippen LogP) is 5.23. The Morgan fingerprint density at radius 3 is 2.30 bits per heavy atom. The third-order valence-electron chi connectivity index (χ3n) is 4.34. The average molecular weight is 375 g/mol. The van der Waals surface area contributed by atoms with Gasteiger partial charge in [0.1, 0.15) is 5.82 Å². The van der Waals surface area contributed by atoms with Gasteiger partial charge in [-0.05, 0) is 31.9 Å². The maximum absolute atomic E-state index is 13.8. The van der Waals surface area contributed by atoms with Gasteiger partial charge in [-0.2, -0.15) is 15.0 Å². The zero-order chi connectivity index (χ0) is 19.6. The second-order valence-corrected chi connectivity index (χ2v) is 6.34. The molecular formula is C20H30FN5O. The molecule has 2 N–H and O–H groups in total. The fourth-order valence-electron chi connectivity index (χ4n) is 3.08. The monoisotopic (exact) mass is 375 g/mol. The van der Waals surface area contributed by atoms with Crippen molar-refractivity contribution in [2.24, 2.45) is 0 Å². The van der Waals surface area contributed by atoms with E-state index in [0.717, 1.165) is 12.8 Å². The highest BCUT2D eigenvalue weighted by molar-refractivity contribution is 5.55. The smallest absolute Gasteiger partial charge is 0.232 e. The van der Waals surface area contributed by atoms with E-state index in [1.165, 1.54) is 38.9 Å². The lowest BCUT2D eigenvalue weighted by molar-refractivity contribution is 0.386. The van der Waals surface area contributed by atoms with E-state index in [2.05, 4.69) is 25.6 Å². The maximum Gasteiger partial charge on any atom is 0.232 e. The number of nitrogens with one attached hydrogen (secondary N) is 2. The Bertz CT molecular complexity index is 718. The molecule has 0 bridgehead atoms. The van der Waals surface area contributed by atoms with Crippen LogP contribution in [0.3, 0.4) is 0 Å². The minimum Gasteiger partial charge on any atom is -0.494 e. The van der Waals surface area contributed by atoms with Crippen LogP contribution in [0, 0.1) is 12.7 Å². The number of halogens is 1. The molecule has 1 aliphatic rings. The highest BCUT2D eigenvalue weighted by Crippen LogP contribution is 2.23. The van der Waals surface area contributed by atoms with Crippen molar-refractivity contribution in [2.45, 2.75) is 65.3 Å². The fraction of sp³-hybridized carbons (Fsp3) is 0.550. The molecule has 1 saturated carbocycles. The molecule has 148 valence electrons. The average Bonchev–Trinajstić information content (AvgIpc) is 2.92. The number of hydrogen-bond acceptors (Lipinski definition) is 6. The van der Waals surface area contributed by atoms with Crippen LogP contribution in [0.15, 0.2) is 18.2 Å². The van der Waals surface area contributed by atoms with Crippen molar-refractivity contribution in [3.8, 4) is 5.75 Å². The summed E-state index contributed by atoms with van der Waals surface area (Å²) >= 11 is 0. The lowest BCUT2D eigenvalue weighted by Crippen LogP contribution is -2.20. The summed E-state index contributed by atoms with van der Waals surface area (Å²) in [5.74, 6) is 1.34. The summed E-state index contributed by atoms with van der Waals surface area (Å²) in [6, 6.07) is 5.04. The van der Waals surface area contributed by atoms with Crippen molar-refractivity contribution in [3.05, 3.63) is 29.8 Å². The SMILES string of the molecule is CC.COc1ccc(Nc2nc(C)nc(NC3CCCCCC3)n2)cc1F. The van der Waals surface area contributed by atoms with E-state index >= 15 is 0 Å². The number of anilines is 3. The molecule has 1 aromatic carbocycles. The lowest BCUT2D eigenvalue weighted by atomic mass is 10.1. The van der Waals surface area contributed by atoms with Gasteiger partial charge in [-0.1, -0.05) is 39.5 Å². The zero-order valence-electron chi connectivity index (χ0n) is 16.7. The number of nitrogens with zero attached hydrogens (tertiary/aromatic N) is 3. The van der Waals surface area contributed by atoms with Crippen LogP contribution in [0.1, 0.15) is 58.2 Å². The molecule has 6 nitrogen and oxygen atoms in total. The van der Waals surface area contributed by atoms with Gasteiger partial charge in [0.2, 0.25) is 11.9 Å². The molecule has 0 saturated heterocycles. The molecule has 0 aliphatic heterocycles. The second-order valence-electron chi connectivity index (χ2n) is 6.34. The Hall–Kier alpha value is -2.44. The van der Waals surface area contributed by atoms with E-state index in [-0.39, 0.29) is 5.75 Å². The minimum atomic E-state index is -0.435. The van der Waals surface area contributed by atoms with Crippen molar-refractivity contribution in [3.63, 3.8) is 0 Å². The van der Waals surface area contributed by atoms with Gasteiger partial charge < -0.3 is 15.4 Å². The van der Waals surface area contributed by atoms with Gasteiger partial charge in [0.15, 0.2) is 11.6 Å². The zero-order valence-corrected chi connectivity index (χ0v) is 16.7. The largest absolute Gasteiger partial charge is 0.494 e. The summed E-state index contributed by atoms with van der Waals surface area (Å²) in [4.78, 5) is 13.1. The molecule has 1 aliphatic carbocycles. The topological polar surface area (TPSA) is 72.0 Å². The van der Waals surface area contributed by atoms with Crippen molar-refractivity contribution >= 4 is 17.6 Å². The number of methoxy groups -OCH3 is 1. The van der Waals surface area contributed by atoms with E-state index in [1.54, 1.807) is 12.1 Å². The van der Waals surface area contributed by atoms with Crippen molar-refractivity contribution in [2.75, 3.05) is 17.7 Å². The molecule has 0 radical (unpaired) electrons.